The van der Waals surface area contributed by atoms with Gasteiger partial charge in [-0.15, -0.1) is 0 Å². The molecule has 0 saturated heterocycles. The molecule has 2 aromatic heterocycles. The van der Waals surface area contributed by atoms with Crippen LogP contribution in [0.2, 0.25) is 0 Å². The third-order valence-corrected chi connectivity index (χ3v) is 1.58. The number of hydrogen-bond donors (Lipinski definition) is 4. The molecule has 0 aliphatic rings. The smallest absolute Gasteiger partial charge is 0.351 e. The summed E-state index contributed by atoms with van der Waals surface area (Å²) in [6.07, 6.45) is 10.2. The molecule has 12 nitrogen and oxygen atoms in total. The highest BCUT2D eigenvalue weighted by molar-refractivity contribution is 7.83. The van der Waals surface area contributed by atoms with Crippen molar-refractivity contribution in [1.82, 2.24) is 19.9 Å². The Morgan fingerprint density at radius 3 is 1.25 bits per heavy atom. The maximum absolute atomic E-state index is 9.51. The van der Waals surface area contributed by atoms with Gasteiger partial charge in [0.05, 0.1) is 12.7 Å². The van der Waals surface area contributed by atoms with Crippen molar-refractivity contribution in [2.75, 3.05) is 0 Å². The highest BCUT2D eigenvalue weighted by atomic mass is 32.3. The molecule has 20 heavy (non-hydrogen) atoms. The number of imidazole rings is 2. The van der Waals surface area contributed by atoms with E-state index in [0.29, 0.717) is 0 Å². The van der Waals surface area contributed by atoms with E-state index >= 15 is 0 Å². The second-order valence-electron chi connectivity index (χ2n) is 2.51. The fourth-order valence-corrected chi connectivity index (χ4v) is 1.06. The Labute approximate surface area is 113 Å². The Bertz CT molecular complexity index is 528. The maximum atomic E-state index is 9.51. The summed E-state index contributed by atoms with van der Waals surface area (Å²) in [5.41, 5.74) is 0. The molecule has 0 unspecified atom stereocenters. The van der Waals surface area contributed by atoms with Crippen molar-refractivity contribution < 1.29 is 34.6 Å². The van der Waals surface area contributed by atoms with Crippen LogP contribution in [0, 0.1) is 0 Å². The molecule has 0 saturated carbocycles. The lowest BCUT2D eigenvalue weighted by Crippen LogP contribution is -2.10. The topological polar surface area (TPSA) is 185 Å². The van der Waals surface area contributed by atoms with Gasteiger partial charge in [0.25, 0.3) is 0 Å². The summed E-state index contributed by atoms with van der Waals surface area (Å²) >= 11 is 0. The fourth-order valence-electron chi connectivity index (χ4n) is 0.501. The van der Waals surface area contributed by atoms with Gasteiger partial charge in [-0.25, -0.2) is 9.97 Å². The van der Waals surface area contributed by atoms with Crippen LogP contribution in [0.3, 0.4) is 0 Å². The lowest BCUT2D eigenvalue weighted by atomic mass is 11.0. The van der Waals surface area contributed by atoms with Gasteiger partial charge in [-0.05, 0) is 0 Å². The van der Waals surface area contributed by atoms with Crippen molar-refractivity contribution in [3.63, 3.8) is 0 Å². The molecule has 0 bridgehead atoms. The SMILES string of the molecule is O=S(=O)(O)OOS(=O)(=O)O.c1c[nH]cn1.c1c[nH]cn1. The van der Waals surface area contributed by atoms with Crippen molar-refractivity contribution in [1.29, 1.82) is 0 Å². The first kappa shape index (κ1) is 18.2. The zero-order valence-corrected chi connectivity index (χ0v) is 11.2. The van der Waals surface area contributed by atoms with Gasteiger partial charge in [0.15, 0.2) is 0 Å². The minimum absolute atomic E-state index is 1.62. The van der Waals surface area contributed by atoms with Crippen LogP contribution in [0.5, 0.6) is 0 Å². The third kappa shape index (κ3) is 16.2. The maximum Gasteiger partial charge on any atom is 0.425 e. The van der Waals surface area contributed by atoms with Crippen LogP contribution in [-0.2, 0) is 29.5 Å². The first-order valence-electron chi connectivity index (χ1n) is 4.39. The van der Waals surface area contributed by atoms with E-state index in [4.69, 9.17) is 9.11 Å². The van der Waals surface area contributed by atoms with Crippen LogP contribution in [-0.4, -0.2) is 45.9 Å². The molecule has 0 aliphatic heterocycles. The van der Waals surface area contributed by atoms with Crippen molar-refractivity contribution in [3.8, 4) is 0 Å². The molecule has 2 rings (SSSR count). The number of aromatic nitrogens is 4. The summed E-state index contributed by atoms with van der Waals surface area (Å²) in [6, 6.07) is 0. The number of hydrogen-bond acceptors (Lipinski definition) is 8. The summed E-state index contributed by atoms with van der Waals surface area (Å²) in [6.45, 7) is 0. The molecule has 0 fully saturated rings. The lowest BCUT2D eigenvalue weighted by Gasteiger charge is -1.92. The summed E-state index contributed by atoms with van der Waals surface area (Å²) < 4.78 is 58.9. The summed E-state index contributed by atoms with van der Waals surface area (Å²) in [5.74, 6) is 0. The van der Waals surface area contributed by atoms with E-state index in [0.717, 1.165) is 0 Å². The number of nitrogens with one attached hydrogen (secondary N) is 2. The first-order chi connectivity index (χ1) is 9.21. The summed E-state index contributed by atoms with van der Waals surface area (Å²) in [4.78, 5) is 12.8. The van der Waals surface area contributed by atoms with Crippen LogP contribution in [0.4, 0.5) is 0 Å². The molecule has 0 atom stereocenters. The van der Waals surface area contributed by atoms with Crippen molar-refractivity contribution in [2.24, 2.45) is 0 Å². The summed E-state index contributed by atoms with van der Waals surface area (Å²) in [7, 11) is -10.0. The number of H-pyrrole nitrogens is 2. The molecule has 14 heteroatoms. The normalized spacial score (nSPS) is 10.7. The molecule has 0 radical (unpaired) electrons. The third-order valence-electron chi connectivity index (χ3n) is 1.01. The van der Waals surface area contributed by atoms with Crippen LogP contribution in [0.1, 0.15) is 0 Å². The Morgan fingerprint density at radius 2 is 1.15 bits per heavy atom. The van der Waals surface area contributed by atoms with E-state index in [-0.39, 0.29) is 0 Å². The molecule has 0 aliphatic carbocycles. The number of aromatic amines is 2. The molecule has 0 aromatic carbocycles. The second-order valence-corrected chi connectivity index (χ2v) is 4.50. The minimum atomic E-state index is -5.02. The minimum Gasteiger partial charge on any atom is -0.351 e. The second kappa shape index (κ2) is 9.13. The zero-order valence-electron chi connectivity index (χ0n) is 9.52. The van der Waals surface area contributed by atoms with Crippen molar-refractivity contribution in [3.05, 3.63) is 37.4 Å². The fraction of sp³-hybridized carbons (Fsp3) is 0. The van der Waals surface area contributed by atoms with E-state index in [1.165, 1.54) is 0 Å². The highest BCUT2D eigenvalue weighted by Crippen LogP contribution is 1.92. The van der Waals surface area contributed by atoms with Gasteiger partial charge < -0.3 is 9.97 Å². The molecule has 4 N–H and O–H groups in total. The van der Waals surface area contributed by atoms with E-state index in [2.05, 4.69) is 28.6 Å². The largest absolute Gasteiger partial charge is 0.425 e. The highest BCUT2D eigenvalue weighted by Gasteiger charge is 2.13. The van der Waals surface area contributed by atoms with E-state index in [1.54, 1.807) is 37.4 Å². The van der Waals surface area contributed by atoms with Crippen molar-refractivity contribution >= 4 is 20.8 Å². The Morgan fingerprint density at radius 1 is 0.800 bits per heavy atom. The Hall–Kier alpha value is -1.84. The quantitative estimate of drug-likeness (QED) is 0.320. The van der Waals surface area contributed by atoms with Crippen molar-refractivity contribution in [2.45, 2.75) is 0 Å². The van der Waals surface area contributed by atoms with E-state index < -0.39 is 20.8 Å². The molecular formula is C6H10N4O8S2. The molecule has 2 aromatic rings. The van der Waals surface area contributed by atoms with Crippen LogP contribution in [0.15, 0.2) is 37.4 Å². The Kier molecular flexibility index (Phi) is 8.29. The van der Waals surface area contributed by atoms with Gasteiger partial charge >= 0.3 is 20.8 Å². The average molecular weight is 330 g/mol. The molecule has 114 valence electrons. The predicted molar refractivity (Wildman–Crippen MR) is 62.4 cm³/mol. The molecule has 0 spiro atoms. The number of nitrogens with zero attached hydrogens (tertiary/aromatic N) is 2. The van der Waals surface area contributed by atoms with Gasteiger partial charge in [0, 0.05) is 24.8 Å². The number of rotatable bonds is 3. The molecule has 0 amide bonds. The van der Waals surface area contributed by atoms with Gasteiger partial charge in [-0.1, -0.05) is 8.67 Å². The predicted octanol–water partition coefficient (Wildman–Crippen LogP) is -0.640. The van der Waals surface area contributed by atoms with Gasteiger partial charge in [-0.3, -0.25) is 9.11 Å². The zero-order chi connectivity index (χ0) is 15.5. The average Bonchev–Trinajstić information content (AvgIpc) is 3.03. The van der Waals surface area contributed by atoms with E-state index in [1.807, 2.05) is 0 Å². The van der Waals surface area contributed by atoms with E-state index in [9.17, 15) is 16.8 Å². The molecular weight excluding hydrogens is 320 g/mol. The molecule has 2 heterocycles. The monoisotopic (exact) mass is 330 g/mol. The Balaban J connectivity index is 0.000000298. The van der Waals surface area contributed by atoms with Crippen LogP contribution in [0.25, 0.3) is 0 Å². The van der Waals surface area contributed by atoms with Crippen LogP contribution < -0.4 is 0 Å². The van der Waals surface area contributed by atoms with Gasteiger partial charge in [0.2, 0.25) is 0 Å². The van der Waals surface area contributed by atoms with Gasteiger partial charge in [0.1, 0.15) is 0 Å². The lowest BCUT2D eigenvalue weighted by molar-refractivity contribution is -0.105. The summed E-state index contributed by atoms with van der Waals surface area (Å²) in [5, 5.41) is 0. The first-order valence-corrected chi connectivity index (χ1v) is 7.12. The standard InChI is InChI=1S/2C3H4N2.H2O8S2/c2*1-2-5-3-4-1;1-9(2,3)7-8-10(4,5)6/h2*1-3H,(H,4,5);(H,1,2,3)(H,4,5,6). The van der Waals surface area contributed by atoms with Crippen LogP contribution >= 0.6 is 0 Å². The van der Waals surface area contributed by atoms with Gasteiger partial charge in [-0.2, -0.15) is 16.8 Å².